The molecule has 0 fully saturated rings. The molecule has 0 unspecified atom stereocenters. The number of fused-ring (bicyclic) bond motifs is 1. The Kier molecular flexibility index (Phi) is 2.95. The molecule has 1 aliphatic heterocycles. The van der Waals surface area contributed by atoms with Gasteiger partial charge in [0.15, 0.2) is 0 Å². The van der Waals surface area contributed by atoms with Gasteiger partial charge in [-0.2, -0.15) is 0 Å². The van der Waals surface area contributed by atoms with Crippen LogP contribution in [-0.4, -0.2) is 24.0 Å². The maximum absolute atomic E-state index is 11.8. The minimum atomic E-state index is -0.720. The first-order chi connectivity index (χ1) is 7.91. The number of anilines is 1. The number of carbonyl (C=O) groups is 2. The molecule has 0 atom stereocenters. The highest BCUT2D eigenvalue weighted by Gasteiger charge is 2.42. The predicted octanol–water partition coefficient (Wildman–Crippen LogP) is 2.39. The first-order valence-electron chi connectivity index (χ1n) is 4.30. The van der Waals surface area contributed by atoms with Crippen LogP contribution in [0.2, 0.25) is 15.1 Å². The number of imide groups is 1. The van der Waals surface area contributed by atoms with E-state index in [2.05, 4.69) is 4.84 Å². The number of hydrogen-bond donors (Lipinski definition) is 1. The second-order valence-corrected chi connectivity index (χ2v) is 4.33. The summed E-state index contributed by atoms with van der Waals surface area (Å²) in [6, 6.07) is 0. The molecule has 17 heavy (non-hydrogen) atoms. The van der Waals surface area contributed by atoms with Crippen LogP contribution in [0.3, 0.4) is 0 Å². The lowest BCUT2D eigenvalue weighted by atomic mass is 10.1. The summed E-state index contributed by atoms with van der Waals surface area (Å²) < 4.78 is 0. The average molecular weight is 296 g/mol. The van der Waals surface area contributed by atoms with E-state index in [9.17, 15) is 9.59 Å². The van der Waals surface area contributed by atoms with Crippen molar-refractivity contribution in [2.75, 3.05) is 12.8 Å². The molecule has 1 aromatic rings. The molecule has 0 saturated heterocycles. The van der Waals surface area contributed by atoms with Crippen LogP contribution in [0, 0.1) is 0 Å². The number of amides is 2. The summed E-state index contributed by atoms with van der Waals surface area (Å²) in [5, 5.41) is 0.302. The molecule has 2 N–H and O–H groups in total. The van der Waals surface area contributed by atoms with Crippen LogP contribution in [-0.2, 0) is 4.84 Å². The number of carbonyl (C=O) groups excluding carboxylic acids is 2. The van der Waals surface area contributed by atoms with Crippen molar-refractivity contribution in [2.24, 2.45) is 0 Å². The van der Waals surface area contributed by atoms with Crippen molar-refractivity contribution in [3.63, 3.8) is 0 Å². The number of rotatable bonds is 1. The second-order valence-electron chi connectivity index (χ2n) is 3.19. The molecule has 0 spiro atoms. The number of hydroxylamine groups is 2. The normalized spacial score (nSPS) is 14.5. The molecule has 1 heterocycles. The molecule has 5 nitrogen and oxygen atoms in total. The van der Waals surface area contributed by atoms with E-state index in [1.807, 2.05) is 0 Å². The van der Waals surface area contributed by atoms with Gasteiger partial charge in [0.1, 0.15) is 0 Å². The van der Waals surface area contributed by atoms with Gasteiger partial charge in [0.05, 0.1) is 39.0 Å². The number of nitrogen functional groups attached to an aromatic ring is 1. The van der Waals surface area contributed by atoms with Gasteiger partial charge in [0.2, 0.25) is 0 Å². The summed E-state index contributed by atoms with van der Waals surface area (Å²) in [6.07, 6.45) is 0. The van der Waals surface area contributed by atoms with Gasteiger partial charge in [-0.15, -0.1) is 5.06 Å². The fourth-order valence-corrected chi connectivity index (χ4v) is 2.27. The van der Waals surface area contributed by atoms with E-state index in [0.717, 1.165) is 0 Å². The third-order valence-corrected chi connectivity index (χ3v) is 3.68. The number of nitrogens with two attached hydrogens (primary N) is 1. The first kappa shape index (κ1) is 12.4. The van der Waals surface area contributed by atoms with E-state index in [1.54, 1.807) is 0 Å². The Balaban J connectivity index is 2.84. The fourth-order valence-electron chi connectivity index (χ4n) is 1.56. The molecule has 0 saturated carbocycles. The van der Waals surface area contributed by atoms with Crippen molar-refractivity contribution in [1.29, 1.82) is 0 Å². The highest BCUT2D eigenvalue weighted by atomic mass is 35.5. The van der Waals surface area contributed by atoms with E-state index < -0.39 is 11.8 Å². The largest absolute Gasteiger partial charge is 0.397 e. The van der Waals surface area contributed by atoms with Crippen LogP contribution < -0.4 is 5.73 Å². The van der Waals surface area contributed by atoms with E-state index >= 15 is 0 Å². The molecule has 90 valence electrons. The van der Waals surface area contributed by atoms with Crippen molar-refractivity contribution in [2.45, 2.75) is 0 Å². The molecule has 0 aliphatic carbocycles. The Morgan fingerprint density at radius 1 is 1.00 bits per heavy atom. The fraction of sp³-hybridized carbons (Fsp3) is 0.111. The number of nitrogens with zero attached hydrogens (tertiary/aromatic N) is 1. The summed E-state index contributed by atoms with van der Waals surface area (Å²) in [6.45, 7) is 0. The molecule has 1 aromatic carbocycles. The summed E-state index contributed by atoms with van der Waals surface area (Å²) in [5.74, 6) is -1.44. The summed E-state index contributed by atoms with van der Waals surface area (Å²) in [7, 11) is 1.18. The highest BCUT2D eigenvalue weighted by Crippen LogP contribution is 2.43. The Bertz CT molecular complexity index is 512. The molecule has 2 amide bonds. The molecule has 0 radical (unpaired) electrons. The zero-order chi connectivity index (χ0) is 12.9. The predicted molar refractivity (Wildman–Crippen MR) is 63.4 cm³/mol. The highest BCUT2D eigenvalue weighted by molar-refractivity contribution is 6.52. The quantitative estimate of drug-likeness (QED) is 0.490. The Labute approximate surface area is 111 Å². The Hall–Kier alpha value is -1.01. The van der Waals surface area contributed by atoms with Crippen LogP contribution in [0.15, 0.2) is 0 Å². The molecular formula is C9H5Cl3N2O3. The Morgan fingerprint density at radius 2 is 1.53 bits per heavy atom. The monoisotopic (exact) mass is 294 g/mol. The van der Waals surface area contributed by atoms with Crippen molar-refractivity contribution < 1.29 is 14.4 Å². The van der Waals surface area contributed by atoms with Gasteiger partial charge in [-0.3, -0.25) is 14.4 Å². The zero-order valence-corrected chi connectivity index (χ0v) is 10.7. The van der Waals surface area contributed by atoms with Gasteiger partial charge in [-0.25, -0.2) is 0 Å². The van der Waals surface area contributed by atoms with Crippen molar-refractivity contribution in [1.82, 2.24) is 5.06 Å². The van der Waals surface area contributed by atoms with Gasteiger partial charge >= 0.3 is 0 Å². The molecule has 8 heteroatoms. The summed E-state index contributed by atoms with van der Waals surface area (Å²) >= 11 is 17.5. The molecule has 0 aromatic heterocycles. The number of benzene rings is 1. The summed E-state index contributed by atoms with van der Waals surface area (Å²) in [5.41, 5.74) is 5.37. The smallest absolute Gasteiger partial charge is 0.288 e. The van der Waals surface area contributed by atoms with Gasteiger partial charge in [0.25, 0.3) is 11.8 Å². The van der Waals surface area contributed by atoms with E-state index in [0.29, 0.717) is 5.06 Å². The topological polar surface area (TPSA) is 72.6 Å². The molecule has 1 aliphatic rings. The van der Waals surface area contributed by atoms with Gasteiger partial charge in [-0.05, 0) is 0 Å². The minimum Gasteiger partial charge on any atom is -0.397 e. The van der Waals surface area contributed by atoms with Crippen molar-refractivity contribution in [3.8, 4) is 0 Å². The third kappa shape index (κ3) is 1.51. The standard InChI is InChI=1S/C9H5Cl3N2O3/c1-17-14-8(15)2-3(9(14)16)7(13)6(12)5(11)4(2)10/h13H2,1H3. The maximum Gasteiger partial charge on any atom is 0.288 e. The lowest BCUT2D eigenvalue weighted by Crippen LogP contribution is -2.28. The van der Waals surface area contributed by atoms with Crippen molar-refractivity contribution >= 4 is 52.3 Å². The molecular weight excluding hydrogens is 290 g/mol. The zero-order valence-electron chi connectivity index (χ0n) is 8.38. The van der Waals surface area contributed by atoms with Gasteiger partial charge in [-0.1, -0.05) is 34.8 Å². The van der Waals surface area contributed by atoms with Crippen LogP contribution in [0.1, 0.15) is 20.7 Å². The van der Waals surface area contributed by atoms with Crippen LogP contribution in [0.25, 0.3) is 0 Å². The summed E-state index contributed by atoms with van der Waals surface area (Å²) in [4.78, 5) is 28.3. The minimum absolute atomic E-state index is 0.0606. The van der Waals surface area contributed by atoms with E-state index in [4.69, 9.17) is 40.5 Å². The SMILES string of the molecule is CON1C(=O)c2c(N)c(Cl)c(Cl)c(Cl)c2C1=O. The first-order valence-corrected chi connectivity index (χ1v) is 5.44. The van der Waals surface area contributed by atoms with E-state index in [1.165, 1.54) is 7.11 Å². The Morgan fingerprint density at radius 3 is 2.06 bits per heavy atom. The molecule has 0 bridgehead atoms. The van der Waals surface area contributed by atoms with Crippen LogP contribution in [0.4, 0.5) is 5.69 Å². The van der Waals surface area contributed by atoms with E-state index in [-0.39, 0.29) is 31.9 Å². The van der Waals surface area contributed by atoms with Crippen LogP contribution >= 0.6 is 34.8 Å². The van der Waals surface area contributed by atoms with Gasteiger partial charge < -0.3 is 5.73 Å². The lowest BCUT2D eigenvalue weighted by molar-refractivity contribution is -0.0645. The average Bonchev–Trinajstić information content (AvgIpc) is 2.55. The van der Waals surface area contributed by atoms with Crippen molar-refractivity contribution in [3.05, 3.63) is 26.2 Å². The second kappa shape index (κ2) is 4.03. The number of hydrogen-bond acceptors (Lipinski definition) is 4. The van der Waals surface area contributed by atoms with Gasteiger partial charge in [0, 0.05) is 0 Å². The maximum atomic E-state index is 11.8. The third-order valence-electron chi connectivity index (χ3n) is 2.34. The number of halogens is 3. The lowest BCUT2D eigenvalue weighted by Gasteiger charge is -2.08. The molecule has 2 rings (SSSR count). The van der Waals surface area contributed by atoms with Crippen LogP contribution in [0.5, 0.6) is 0 Å².